The molecule has 0 aliphatic carbocycles. The second kappa shape index (κ2) is 5.80. The lowest BCUT2D eigenvalue weighted by molar-refractivity contribution is -0.116. The third kappa shape index (κ3) is 3.81. The number of allylic oxidation sites excluding steroid dienone is 3. The summed E-state index contributed by atoms with van der Waals surface area (Å²) in [4.78, 5) is 15.3. The maximum Gasteiger partial charge on any atom is 0.244 e. The highest BCUT2D eigenvalue weighted by molar-refractivity contribution is 5.87. The lowest BCUT2D eigenvalue weighted by Crippen LogP contribution is -2.22. The van der Waals surface area contributed by atoms with Gasteiger partial charge in [0.25, 0.3) is 0 Å². The van der Waals surface area contributed by atoms with Gasteiger partial charge < -0.3 is 9.88 Å². The van der Waals surface area contributed by atoms with Gasteiger partial charge in [0.15, 0.2) is 0 Å². The third-order valence-electron chi connectivity index (χ3n) is 1.89. The summed E-state index contributed by atoms with van der Waals surface area (Å²) in [5.74, 6) is 0.721. The molecule has 1 heterocycles. The molecule has 0 bridgehead atoms. The first-order valence-corrected chi connectivity index (χ1v) is 4.77. The molecule has 0 radical (unpaired) electrons. The summed E-state index contributed by atoms with van der Waals surface area (Å²) in [5.41, 5.74) is 0. The third-order valence-corrected chi connectivity index (χ3v) is 1.89. The SMILES string of the molecule is C/C=C/C=C/C(=O)NCc1nccn1C. The van der Waals surface area contributed by atoms with E-state index < -0.39 is 0 Å². The molecule has 0 aliphatic heterocycles. The maximum absolute atomic E-state index is 11.3. The van der Waals surface area contributed by atoms with E-state index in [-0.39, 0.29) is 5.91 Å². The molecular formula is C11H15N3O. The number of nitrogens with zero attached hydrogens (tertiary/aromatic N) is 2. The number of nitrogens with one attached hydrogen (secondary N) is 1. The van der Waals surface area contributed by atoms with Crippen LogP contribution in [-0.2, 0) is 18.4 Å². The van der Waals surface area contributed by atoms with E-state index in [2.05, 4.69) is 10.3 Å². The summed E-state index contributed by atoms with van der Waals surface area (Å²) in [6.07, 6.45) is 10.4. The summed E-state index contributed by atoms with van der Waals surface area (Å²) >= 11 is 0. The maximum atomic E-state index is 11.3. The molecule has 0 spiro atoms. The number of carbonyl (C=O) groups excluding carboxylic acids is 1. The Morgan fingerprint density at radius 1 is 1.60 bits per heavy atom. The number of hydrogen-bond donors (Lipinski definition) is 1. The number of hydrogen-bond acceptors (Lipinski definition) is 2. The minimum atomic E-state index is -0.115. The van der Waals surface area contributed by atoms with E-state index in [9.17, 15) is 4.79 Å². The van der Waals surface area contributed by atoms with Crippen LogP contribution in [0.3, 0.4) is 0 Å². The molecule has 0 aromatic carbocycles. The number of carbonyl (C=O) groups is 1. The second-order valence-corrected chi connectivity index (χ2v) is 3.06. The highest BCUT2D eigenvalue weighted by atomic mass is 16.1. The summed E-state index contributed by atoms with van der Waals surface area (Å²) in [7, 11) is 1.89. The first-order chi connectivity index (χ1) is 7.24. The van der Waals surface area contributed by atoms with Crippen LogP contribution in [0.1, 0.15) is 12.7 Å². The standard InChI is InChI=1S/C11H15N3O/c1-3-4-5-6-11(15)13-9-10-12-7-8-14(10)2/h3-8H,9H2,1-2H3,(H,13,15)/b4-3+,6-5+. The van der Waals surface area contributed by atoms with Crippen molar-refractivity contribution in [3.8, 4) is 0 Å². The highest BCUT2D eigenvalue weighted by Crippen LogP contribution is 1.92. The molecule has 4 nitrogen and oxygen atoms in total. The molecule has 15 heavy (non-hydrogen) atoms. The normalized spacial score (nSPS) is 11.3. The van der Waals surface area contributed by atoms with Crippen LogP contribution in [-0.4, -0.2) is 15.5 Å². The van der Waals surface area contributed by atoms with Gasteiger partial charge >= 0.3 is 0 Å². The molecule has 0 unspecified atom stereocenters. The van der Waals surface area contributed by atoms with Gasteiger partial charge in [-0.2, -0.15) is 0 Å². The summed E-state index contributed by atoms with van der Waals surface area (Å²) < 4.78 is 1.87. The number of aryl methyl sites for hydroxylation is 1. The van der Waals surface area contributed by atoms with Crippen LogP contribution in [0.5, 0.6) is 0 Å². The van der Waals surface area contributed by atoms with E-state index in [0.29, 0.717) is 6.54 Å². The average molecular weight is 205 g/mol. The zero-order chi connectivity index (χ0) is 11.1. The van der Waals surface area contributed by atoms with Gasteiger partial charge in [-0.15, -0.1) is 0 Å². The molecular weight excluding hydrogens is 190 g/mol. The molecule has 0 saturated heterocycles. The van der Waals surface area contributed by atoms with E-state index in [1.54, 1.807) is 18.3 Å². The predicted octanol–water partition coefficient (Wildman–Crippen LogP) is 1.17. The Kier molecular flexibility index (Phi) is 4.34. The summed E-state index contributed by atoms with van der Waals surface area (Å²) in [6, 6.07) is 0. The minimum absolute atomic E-state index is 0.115. The fraction of sp³-hybridized carbons (Fsp3) is 0.273. The van der Waals surface area contributed by atoms with Gasteiger partial charge in [0.2, 0.25) is 5.91 Å². The van der Waals surface area contributed by atoms with Gasteiger partial charge in [-0.3, -0.25) is 4.79 Å². The Balaban J connectivity index is 2.38. The molecule has 80 valence electrons. The van der Waals surface area contributed by atoms with E-state index >= 15 is 0 Å². The molecule has 1 rings (SSSR count). The van der Waals surface area contributed by atoms with Gasteiger partial charge in [-0.05, 0) is 6.92 Å². The van der Waals surface area contributed by atoms with Crippen LogP contribution in [0.4, 0.5) is 0 Å². The Bertz CT molecular complexity index is 377. The van der Waals surface area contributed by atoms with Gasteiger partial charge in [-0.25, -0.2) is 4.98 Å². The fourth-order valence-electron chi connectivity index (χ4n) is 1.05. The molecule has 1 amide bonds. The monoisotopic (exact) mass is 205 g/mol. The van der Waals surface area contributed by atoms with Crippen LogP contribution < -0.4 is 5.32 Å². The van der Waals surface area contributed by atoms with Crippen molar-refractivity contribution in [1.29, 1.82) is 0 Å². The lowest BCUT2D eigenvalue weighted by atomic mass is 10.4. The van der Waals surface area contributed by atoms with Crippen LogP contribution >= 0.6 is 0 Å². The van der Waals surface area contributed by atoms with Crippen molar-refractivity contribution < 1.29 is 4.79 Å². The summed E-state index contributed by atoms with van der Waals surface area (Å²) in [6.45, 7) is 2.35. The first-order valence-electron chi connectivity index (χ1n) is 4.77. The highest BCUT2D eigenvalue weighted by Gasteiger charge is 1.99. The summed E-state index contributed by atoms with van der Waals surface area (Å²) in [5, 5.41) is 2.74. The van der Waals surface area contributed by atoms with E-state index in [1.807, 2.05) is 30.8 Å². The average Bonchev–Trinajstić information content (AvgIpc) is 2.61. The molecule has 1 aromatic heterocycles. The van der Waals surface area contributed by atoms with Gasteiger partial charge in [0, 0.05) is 25.5 Å². The van der Waals surface area contributed by atoms with Crippen molar-refractivity contribution in [2.45, 2.75) is 13.5 Å². The Morgan fingerprint density at radius 2 is 2.40 bits per heavy atom. The second-order valence-electron chi connectivity index (χ2n) is 3.06. The van der Waals surface area contributed by atoms with Crippen LogP contribution in [0.15, 0.2) is 36.7 Å². The van der Waals surface area contributed by atoms with Crippen molar-refractivity contribution in [2.24, 2.45) is 7.05 Å². The zero-order valence-corrected chi connectivity index (χ0v) is 8.97. The van der Waals surface area contributed by atoms with Gasteiger partial charge in [-0.1, -0.05) is 18.2 Å². The minimum Gasteiger partial charge on any atom is -0.345 e. The van der Waals surface area contributed by atoms with Crippen LogP contribution in [0.2, 0.25) is 0 Å². The Hall–Kier alpha value is -1.84. The molecule has 0 fully saturated rings. The van der Waals surface area contributed by atoms with Crippen molar-refractivity contribution >= 4 is 5.91 Å². The zero-order valence-electron chi connectivity index (χ0n) is 8.97. The van der Waals surface area contributed by atoms with Crippen LogP contribution in [0, 0.1) is 0 Å². The Morgan fingerprint density at radius 3 is 3.00 bits per heavy atom. The lowest BCUT2D eigenvalue weighted by Gasteiger charge is -2.01. The van der Waals surface area contributed by atoms with Crippen molar-refractivity contribution in [3.63, 3.8) is 0 Å². The van der Waals surface area contributed by atoms with Gasteiger partial charge in [0.05, 0.1) is 6.54 Å². The van der Waals surface area contributed by atoms with E-state index in [1.165, 1.54) is 6.08 Å². The Labute approximate surface area is 89.3 Å². The topological polar surface area (TPSA) is 46.9 Å². The largest absolute Gasteiger partial charge is 0.345 e. The number of imidazole rings is 1. The van der Waals surface area contributed by atoms with Crippen LogP contribution in [0.25, 0.3) is 0 Å². The van der Waals surface area contributed by atoms with Crippen molar-refractivity contribution in [3.05, 3.63) is 42.5 Å². The molecule has 1 aromatic rings. The van der Waals surface area contributed by atoms with Crippen molar-refractivity contribution in [2.75, 3.05) is 0 Å². The number of amides is 1. The van der Waals surface area contributed by atoms with Crippen molar-refractivity contribution in [1.82, 2.24) is 14.9 Å². The van der Waals surface area contributed by atoms with Gasteiger partial charge in [0.1, 0.15) is 5.82 Å². The number of aromatic nitrogens is 2. The predicted molar refractivity (Wildman–Crippen MR) is 59.0 cm³/mol. The fourth-order valence-corrected chi connectivity index (χ4v) is 1.05. The number of rotatable bonds is 4. The quantitative estimate of drug-likeness (QED) is 0.592. The molecule has 4 heteroatoms. The smallest absolute Gasteiger partial charge is 0.244 e. The molecule has 0 aliphatic rings. The molecule has 0 atom stereocenters. The van der Waals surface area contributed by atoms with E-state index in [0.717, 1.165) is 5.82 Å². The first kappa shape index (κ1) is 11.2. The molecule has 1 N–H and O–H groups in total. The van der Waals surface area contributed by atoms with E-state index in [4.69, 9.17) is 0 Å². The molecule has 0 saturated carbocycles.